The predicted octanol–water partition coefficient (Wildman–Crippen LogP) is 2.53. The van der Waals surface area contributed by atoms with E-state index in [0.717, 1.165) is 5.56 Å². The summed E-state index contributed by atoms with van der Waals surface area (Å²) in [6.45, 7) is 5.21. The molecule has 0 atom stereocenters. The molecule has 21 heavy (non-hydrogen) atoms. The Morgan fingerprint density at radius 1 is 0.952 bits per heavy atom. The Balaban J connectivity index is 2.26. The first kappa shape index (κ1) is 15.2. The first-order valence-corrected chi connectivity index (χ1v) is 7.70. The third kappa shape index (κ3) is 3.28. The number of allylic oxidation sites excluding steroid dienone is 4. The molecule has 2 rings (SSSR count). The summed E-state index contributed by atoms with van der Waals surface area (Å²) in [4.78, 5) is 11.5. The number of aryl methyl sites for hydroxylation is 1. The van der Waals surface area contributed by atoms with Crippen LogP contribution in [0.2, 0.25) is 0 Å². The minimum absolute atomic E-state index is 0.0340. The van der Waals surface area contributed by atoms with Gasteiger partial charge in [-0.15, -0.1) is 0 Å². The number of rotatable bonds is 3. The van der Waals surface area contributed by atoms with E-state index < -0.39 is 10.1 Å². The molecule has 6 heteroatoms. The van der Waals surface area contributed by atoms with E-state index in [2.05, 4.69) is 5.16 Å². The molecule has 1 aliphatic rings. The van der Waals surface area contributed by atoms with Gasteiger partial charge in [-0.05, 0) is 50.6 Å². The number of ketones is 1. The fourth-order valence-corrected chi connectivity index (χ4v) is 2.45. The third-order valence-electron chi connectivity index (χ3n) is 3.25. The van der Waals surface area contributed by atoms with Gasteiger partial charge in [-0.2, -0.15) is 8.42 Å². The zero-order valence-corrected chi connectivity index (χ0v) is 12.8. The standard InChI is InChI=1S/C15H15NO4S/c1-10-4-6-13(7-5-10)21(18,19)20-16-14-8-9-15(17)12(3)11(14)2/h4-9H,1-3H3/b16-14-. The van der Waals surface area contributed by atoms with Crippen molar-refractivity contribution in [3.8, 4) is 0 Å². The summed E-state index contributed by atoms with van der Waals surface area (Å²) >= 11 is 0. The highest BCUT2D eigenvalue weighted by molar-refractivity contribution is 7.86. The molecule has 1 aromatic carbocycles. The lowest BCUT2D eigenvalue weighted by molar-refractivity contribution is -0.111. The van der Waals surface area contributed by atoms with Crippen molar-refractivity contribution in [1.29, 1.82) is 0 Å². The summed E-state index contributed by atoms with van der Waals surface area (Å²) < 4.78 is 28.7. The molecule has 0 bridgehead atoms. The molecular weight excluding hydrogens is 290 g/mol. The Bertz CT molecular complexity index is 768. The number of hydrogen-bond donors (Lipinski definition) is 0. The molecule has 5 nitrogen and oxygen atoms in total. The quantitative estimate of drug-likeness (QED) is 0.635. The lowest BCUT2D eigenvalue weighted by Crippen LogP contribution is -2.12. The van der Waals surface area contributed by atoms with E-state index in [1.165, 1.54) is 24.3 Å². The van der Waals surface area contributed by atoms with Crippen LogP contribution in [0.15, 0.2) is 57.6 Å². The van der Waals surface area contributed by atoms with Crippen LogP contribution in [-0.4, -0.2) is 19.9 Å². The normalized spacial score (nSPS) is 17.5. The van der Waals surface area contributed by atoms with E-state index in [9.17, 15) is 13.2 Å². The molecule has 0 saturated heterocycles. The van der Waals surface area contributed by atoms with Crippen molar-refractivity contribution in [3.05, 3.63) is 53.1 Å². The van der Waals surface area contributed by atoms with Gasteiger partial charge in [0.15, 0.2) is 5.78 Å². The summed E-state index contributed by atoms with van der Waals surface area (Å²) in [5.41, 5.74) is 2.39. The van der Waals surface area contributed by atoms with Crippen molar-refractivity contribution in [2.24, 2.45) is 5.16 Å². The summed E-state index contributed by atoms with van der Waals surface area (Å²) in [5.74, 6) is -0.118. The largest absolute Gasteiger partial charge is 0.358 e. The molecule has 0 spiro atoms. The molecular formula is C15H15NO4S. The molecule has 0 N–H and O–H groups in total. The van der Waals surface area contributed by atoms with Gasteiger partial charge in [0.25, 0.3) is 0 Å². The maximum atomic E-state index is 12.0. The lowest BCUT2D eigenvalue weighted by atomic mass is 9.97. The van der Waals surface area contributed by atoms with Gasteiger partial charge in [-0.3, -0.25) is 9.08 Å². The Kier molecular flexibility index (Phi) is 4.09. The zero-order chi connectivity index (χ0) is 15.6. The second-order valence-electron chi connectivity index (χ2n) is 4.77. The van der Waals surface area contributed by atoms with Crippen LogP contribution >= 0.6 is 0 Å². The van der Waals surface area contributed by atoms with Gasteiger partial charge in [0.1, 0.15) is 10.6 Å². The number of benzene rings is 1. The van der Waals surface area contributed by atoms with E-state index in [1.54, 1.807) is 26.0 Å². The highest BCUT2D eigenvalue weighted by Crippen LogP contribution is 2.17. The van der Waals surface area contributed by atoms with Crippen LogP contribution in [0.4, 0.5) is 0 Å². The van der Waals surface area contributed by atoms with Crippen molar-refractivity contribution < 1.29 is 17.5 Å². The van der Waals surface area contributed by atoms with Gasteiger partial charge in [-0.25, -0.2) is 0 Å². The Morgan fingerprint density at radius 2 is 1.57 bits per heavy atom. The SMILES string of the molecule is CC1=C(C)/C(=N\OS(=O)(=O)c2ccc(C)cc2)C=CC1=O. The molecule has 0 radical (unpaired) electrons. The van der Waals surface area contributed by atoms with Gasteiger partial charge >= 0.3 is 10.1 Å². The van der Waals surface area contributed by atoms with E-state index in [1.807, 2.05) is 6.92 Å². The molecule has 110 valence electrons. The molecule has 0 fully saturated rings. The first-order valence-electron chi connectivity index (χ1n) is 6.30. The fraction of sp³-hybridized carbons (Fsp3) is 0.200. The second kappa shape index (κ2) is 5.65. The predicted molar refractivity (Wildman–Crippen MR) is 79.4 cm³/mol. The van der Waals surface area contributed by atoms with Crippen LogP contribution in [0, 0.1) is 6.92 Å². The molecule has 0 saturated carbocycles. The molecule has 0 heterocycles. The molecule has 0 aromatic heterocycles. The van der Waals surface area contributed by atoms with Crippen molar-refractivity contribution in [1.82, 2.24) is 0 Å². The summed E-state index contributed by atoms with van der Waals surface area (Å²) in [7, 11) is -3.96. The summed E-state index contributed by atoms with van der Waals surface area (Å²) in [6, 6.07) is 6.27. The highest BCUT2D eigenvalue weighted by atomic mass is 32.2. The van der Waals surface area contributed by atoms with Gasteiger partial charge in [0.05, 0.1) is 0 Å². The number of carbonyl (C=O) groups is 1. The van der Waals surface area contributed by atoms with Crippen LogP contribution in [-0.2, 0) is 19.2 Å². The summed E-state index contributed by atoms with van der Waals surface area (Å²) in [6.07, 6.45) is 2.78. The number of carbonyl (C=O) groups excluding carboxylic acids is 1. The highest BCUT2D eigenvalue weighted by Gasteiger charge is 2.18. The number of nitrogens with zero attached hydrogens (tertiary/aromatic N) is 1. The van der Waals surface area contributed by atoms with Crippen molar-refractivity contribution >= 4 is 21.6 Å². The van der Waals surface area contributed by atoms with Gasteiger partial charge in [0, 0.05) is 5.57 Å². The minimum Gasteiger partial charge on any atom is -0.290 e. The Hall–Kier alpha value is -2.21. The van der Waals surface area contributed by atoms with Crippen LogP contribution < -0.4 is 0 Å². The Morgan fingerprint density at radius 3 is 2.19 bits per heavy atom. The Labute approximate surface area is 123 Å². The van der Waals surface area contributed by atoms with Crippen LogP contribution in [0.25, 0.3) is 0 Å². The second-order valence-corrected chi connectivity index (χ2v) is 6.29. The lowest BCUT2D eigenvalue weighted by Gasteiger charge is -2.10. The van der Waals surface area contributed by atoms with Crippen molar-refractivity contribution in [3.63, 3.8) is 0 Å². The van der Waals surface area contributed by atoms with Crippen LogP contribution in [0.1, 0.15) is 19.4 Å². The maximum absolute atomic E-state index is 12.0. The van der Waals surface area contributed by atoms with Gasteiger partial charge < -0.3 is 0 Å². The fourth-order valence-electron chi connectivity index (χ4n) is 1.72. The van der Waals surface area contributed by atoms with E-state index >= 15 is 0 Å². The van der Waals surface area contributed by atoms with Crippen LogP contribution in [0.5, 0.6) is 0 Å². The van der Waals surface area contributed by atoms with Crippen LogP contribution in [0.3, 0.4) is 0 Å². The van der Waals surface area contributed by atoms with Gasteiger partial charge in [-0.1, -0.05) is 22.9 Å². The smallest absolute Gasteiger partial charge is 0.290 e. The maximum Gasteiger partial charge on any atom is 0.358 e. The van der Waals surface area contributed by atoms with Crippen molar-refractivity contribution in [2.75, 3.05) is 0 Å². The topological polar surface area (TPSA) is 72.8 Å². The average Bonchev–Trinajstić information content (AvgIpc) is 2.44. The molecule has 0 amide bonds. The zero-order valence-electron chi connectivity index (χ0n) is 12.0. The summed E-state index contributed by atoms with van der Waals surface area (Å²) in [5, 5.41) is 3.65. The van der Waals surface area contributed by atoms with Gasteiger partial charge in [0.2, 0.25) is 0 Å². The van der Waals surface area contributed by atoms with E-state index in [4.69, 9.17) is 4.28 Å². The minimum atomic E-state index is -3.96. The number of hydrogen-bond acceptors (Lipinski definition) is 5. The van der Waals surface area contributed by atoms with E-state index in [0.29, 0.717) is 16.9 Å². The molecule has 0 aliphatic heterocycles. The van der Waals surface area contributed by atoms with Crippen molar-refractivity contribution in [2.45, 2.75) is 25.7 Å². The first-order chi connectivity index (χ1) is 9.81. The van der Waals surface area contributed by atoms with E-state index in [-0.39, 0.29) is 10.7 Å². The third-order valence-corrected chi connectivity index (χ3v) is 4.37. The molecule has 1 aliphatic carbocycles. The number of oxime groups is 1. The monoisotopic (exact) mass is 305 g/mol. The average molecular weight is 305 g/mol. The molecule has 1 aromatic rings. The molecule has 0 unspecified atom stereocenters.